The van der Waals surface area contributed by atoms with Crippen molar-refractivity contribution in [3.05, 3.63) is 35.6 Å². The molecule has 1 heterocycles. The maximum atomic E-state index is 13.2. The van der Waals surface area contributed by atoms with Gasteiger partial charge < -0.3 is 9.84 Å². The molecule has 0 aliphatic carbocycles. The number of carbonyl (C=O) groups is 1. The van der Waals surface area contributed by atoms with Crippen LogP contribution in [-0.2, 0) is 14.9 Å². The third-order valence-corrected chi connectivity index (χ3v) is 3.54. The van der Waals surface area contributed by atoms with Crippen molar-refractivity contribution in [1.82, 2.24) is 0 Å². The lowest BCUT2D eigenvalue weighted by Gasteiger charge is -2.46. The highest BCUT2D eigenvalue weighted by atomic mass is 19.1. The van der Waals surface area contributed by atoms with E-state index in [1.165, 1.54) is 12.1 Å². The van der Waals surface area contributed by atoms with Gasteiger partial charge in [-0.2, -0.15) is 0 Å². The molecule has 4 heteroatoms. The van der Waals surface area contributed by atoms with Gasteiger partial charge in [0.25, 0.3) is 0 Å². The maximum absolute atomic E-state index is 13.2. The van der Waals surface area contributed by atoms with Crippen molar-refractivity contribution in [2.24, 2.45) is 5.92 Å². The van der Waals surface area contributed by atoms with Gasteiger partial charge >= 0.3 is 5.97 Å². The Bertz CT molecular complexity index is 426. The molecular formula is C13H15FO3. The average molecular weight is 238 g/mol. The Balaban J connectivity index is 2.28. The summed E-state index contributed by atoms with van der Waals surface area (Å²) in [6, 6.07) is 6.35. The smallest absolute Gasteiger partial charge is 0.303 e. The fourth-order valence-electron chi connectivity index (χ4n) is 2.31. The molecule has 1 aliphatic heterocycles. The molecular weight excluding hydrogens is 223 g/mol. The standard InChI is InChI=1S/C13H15FO3/c1-9(5-12(15)16)13(7-17-8-13)10-3-2-4-11(14)6-10/h2-4,6,9H,5,7-8H2,1H3,(H,15,16). The van der Waals surface area contributed by atoms with Crippen LogP contribution in [0.3, 0.4) is 0 Å². The van der Waals surface area contributed by atoms with Crippen LogP contribution in [-0.4, -0.2) is 24.3 Å². The predicted octanol–water partition coefficient (Wildman–Crippen LogP) is 2.20. The van der Waals surface area contributed by atoms with Crippen molar-refractivity contribution < 1.29 is 19.0 Å². The highest BCUT2D eigenvalue weighted by Gasteiger charge is 2.45. The first-order chi connectivity index (χ1) is 8.04. The zero-order chi connectivity index (χ0) is 12.5. The average Bonchev–Trinajstić information content (AvgIpc) is 2.14. The Kier molecular flexibility index (Phi) is 3.15. The number of hydrogen-bond donors (Lipinski definition) is 1. The molecule has 1 unspecified atom stereocenters. The summed E-state index contributed by atoms with van der Waals surface area (Å²) in [6.45, 7) is 2.80. The van der Waals surface area contributed by atoms with Crippen LogP contribution in [0.1, 0.15) is 18.9 Å². The molecule has 1 saturated heterocycles. The quantitative estimate of drug-likeness (QED) is 0.874. The molecule has 1 aromatic rings. The number of carboxylic acids is 1. The van der Waals surface area contributed by atoms with Gasteiger partial charge in [0.1, 0.15) is 5.82 Å². The van der Waals surface area contributed by atoms with Gasteiger partial charge in [0, 0.05) is 11.8 Å². The van der Waals surface area contributed by atoms with E-state index in [1.807, 2.05) is 13.0 Å². The lowest BCUT2D eigenvalue weighted by atomic mass is 9.68. The van der Waals surface area contributed by atoms with Crippen molar-refractivity contribution in [3.8, 4) is 0 Å². The van der Waals surface area contributed by atoms with Crippen LogP contribution in [0, 0.1) is 11.7 Å². The second-order valence-corrected chi connectivity index (χ2v) is 4.66. The molecule has 0 aromatic heterocycles. The van der Waals surface area contributed by atoms with Crippen molar-refractivity contribution in [2.75, 3.05) is 13.2 Å². The summed E-state index contributed by atoms with van der Waals surface area (Å²) >= 11 is 0. The van der Waals surface area contributed by atoms with E-state index in [2.05, 4.69) is 0 Å². The minimum atomic E-state index is -0.833. The van der Waals surface area contributed by atoms with Crippen LogP contribution in [0.15, 0.2) is 24.3 Å². The predicted molar refractivity (Wildman–Crippen MR) is 60.3 cm³/mol. The van der Waals surface area contributed by atoms with Gasteiger partial charge in [-0.15, -0.1) is 0 Å². The number of hydrogen-bond acceptors (Lipinski definition) is 2. The molecule has 0 amide bonds. The monoisotopic (exact) mass is 238 g/mol. The van der Waals surface area contributed by atoms with E-state index < -0.39 is 5.97 Å². The Morgan fingerprint density at radius 1 is 1.59 bits per heavy atom. The molecule has 0 radical (unpaired) electrons. The number of carboxylic acid groups (broad SMARTS) is 1. The molecule has 92 valence electrons. The van der Waals surface area contributed by atoms with E-state index in [0.29, 0.717) is 13.2 Å². The summed E-state index contributed by atoms with van der Waals surface area (Å²) in [5.74, 6) is -1.20. The van der Waals surface area contributed by atoms with E-state index in [4.69, 9.17) is 9.84 Å². The van der Waals surface area contributed by atoms with Gasteiger partial charge in [0.2, 0.25) is 0 Å². The summed E-state index contributed by atoms with van der Waals surface area (Å²) in [6.07, 6.45) is 0.0693. The Morgan fingerprint density at radius 2 is 2.29 bits per heavy atom. The Labute approximate surface area is 99.2 Å². The van der Waals surface area contributed by atoms with E-state index in [0.717, 1.165) is 5.56 Å². The third-order valence-electron chi connectivity index (χ3n) is 3.54. The summed E-state index contributed by atoms with van der Waals surface area (Å²) in [5.41, 5.74) is 0.484. The first kappa shape index (κ1) is 12.0. The zero-order valence-corrected chi connectivity index (χ0v) is 9.65. The molecule has 3 nitrogen and oxygen atoms in total. The van der Waals surface area contributed by atoms with Gasteiger partial charge in [0.15, 0.2) is 0 Å². The molecule has 1 atom stereocenters. The highest BCUT2D eigenvalue weighted by molar-refractivity contribution is 5.67. The topological polar surface area (TPSA) is 46.5 Å². The lowest BCUT2D eigenvalue weighted by molar-refractivity contribution is -0.142. The van der Waals surface area contributed by atoms with Crippen molar-refractivity contribution in [2.45, 2.75) is 18.8 Å². The van der Waals surface area contributed by atoms with Gasteiger partial charge in [-0.05, 0) is 23.6 Å². The number of aliphatic carboxylic acids is 1. The van der Waals surface area contributed by atoms with Crippen LogP contribution in [0.2, 0.25) is 0 Å². The zero-order valence-electron chi connectivity index (χ0n) is 9.65. The van der Waals surface area contributed by atoms with Crippen molar-refractivity contribution in [3.63, 3.8) is 0 Å². The van der Waals surface area contributed by atoms with Crippen LogP contribution < -0.4 is 0 Å². The SMILES string of the molecule is CC(CC(=O)O)C1(c2cccc(F)c2)COC1. The number of rotatable bonds is 4. The molecule has 0 spiro atoms. The molecule has 17 heavy (non-hydrogen) atoms. The van der Waals surface area contributed by atoms with Crippen molar-refractivity contribution >= 4 is 5.97 Å². The third kappa shape index (κ3) is 2.17. The minimum absolute atomic E-state index is 0.0693. The second kappa shape index (κ2) is 4.45. The number of halogens is 1. The molecule has 2 rings (SSSR count). The fourth-order valence-corrected chi connectivity index (χ4v) is 2.31. The van der Waals surface area contributed by atoms with Gasteiger partial charge in [-0.25, -0.2) is 4.39 Å². The van der Waals surface area contributed by atoms with E-state index in [1.54, 1.807) is 6.07 Å². The molecule has 1 N–H and O–H groups in total. The highest BCUT2D eigenvalue weighted by Crippen LogP contribution is 2.41. The van der Waals surface area contributed by atoms with Gasteiger partial charge in [0.05, 0.1) is 13.2 Å². The van der Waals surface area contributed by atoms with Crippen LogP contribution in [0.25, 0.3) is 0 Å². The normalized spacial score (nSPS) is 19.4. The largest absolute Gasteiger partial charge is 0.481 e. The molecule has 1 aliphatic rings. The van der Waals surface area contributed by atoms with E-state index in [9.17, 15) is 9.18 Å². The Morgan fingerprint density at radius 3 is 2.76 bits per heavy atom. The van der Waals surface area contributed by atoms with Gasteiger partial charge in [-0.3, -0.25) is 4.79 Å². The number of benzene rings is 1. The summed E-state index contributed by atoms with van der Waals surface area (Å²) in [4.78, 5) is 10.8. The molecule has 1 fully saturated rings. The summed E-state index contributed by atoms with van der Waals surface area (Å²) in [7, 11) is 0. The Hall–Kier alpha value is -1.42. The van der Waals surface area contributed by atoms with E-state index in [-0.39, 0.29) is 23.6 Å². The first-order valence-electron chi connectivity index (χ1n) is 5.60. The molecule has 0 saturated carbocycles. The van der Waals surface area contributed by atoms with Crippen molar-refractivity contribution in [1.29, 1.82) is 0 Å². The van der Waals surface area contributed by atoms with Crippen LogP contribution in [0.4, 0.5) is 4.39 Å². The summed E-state index contributed by atoms with van der Waals surface area (Å²) < 4.78 is 18.4. The molecule has 1 aromatic carbocycles. The first-order valence-corrected chi connectivity index (χ1v) is 5.60. The minimum Gasteiger partial charge on any atom is -0.481 e. The molecule has 0 bridgehead atoms. The van der Waals surface area contributed by atoms with Crippen LogP contribution in [0.5, 0.6) is 0 Å². The maximum Gasteiger partial charge on any atom is 0.303 e. The summed E-state index contributed by atoms with van der Waals surface area (Å²) in [5, 5.41) is 8.85. The van der Waals surface area contributed by atoms with Crippen LogP contribution >= 0.6 is 0 Å². The van der Waals surface area contributed by atoms with Gasteiger partial charge in [-0.1, -0.05) is 19.1 Å². The fraction of sp³-hybridized carbons (Fsp3) is 0.462. The van der Waals surface area contributed by atoms with E-state index >= 15 is 0 Å². The lowest BCUT2D eigenvalue weighted by Crippen LogP contribution is -2.52. The second-order valence-electron chi connectivity index (χ2n) is 4.66. The number of ether oxygens (including phenoxy) is 1.